The van der Waals surface area contributed by atoms with Crippen LogP contribution in [-0.4, -0.2) is 60.4 Å². The van der Waals surface area contributed by atoms with Crippen molar-refractivity contribution in [3.63, 3.8) is 0 Å². The summed E-state index contributed by atoms with van der Waals surface area (Å²) in [6, 6.07) is 7.46. The average molecular weight is 443 g/mol. The van der Waals surface area contributed by atoms with Gasteiger partial charge in [-0.1, -0.05) is 18.2 Å². The molecule has 2 saturated heterocycles. The van der Waals surface area contributed by atoms with Gasteiger partial charge < -0.3 is 15.1 Å². The van der Waals surface area contributed by atoms with Crippen molar-refractivity contribution >= 4 is 44.3 Å². The summed E-state index contributed by atoms with van der Waals surface area (Å²) in [5, 5.41) is 7.06. The van der Waals surface area contributed by atoms with Crippen LogP contribution in [0.3, 0.4) is 0 Å². The van der Waals surface area contributed by atoms with E-state index in [9.17, 15) is 14.4 Å². The lowest BCUT2D eigenvalue weighted by molar-refractivity contribution is -0.139. The third-order valence-electron chi connectivity index (χ3n) is 6.66. The van der Waals surface area contributed by atoms with E-state index >= 15 is 0 Å². The SMILES string of the molecule is CCNC(=O)Nc1sc2ccccc2c1C(=O)N1CCC2(CCN(CC)C(=O)C2)CC1. The smallest absolute Gasteiger partial charge is 0.319 e. The highest BCUT2D eigenvalue weighted by Crippen LogP contribution is 2.43. The number of hydrogen-bond donors (Lipinski definition) is 2. The second-order valence-electron chi connectivity index (χ2n) is 8.48. The van der Waals surface area contributed by atoms with Crippen LogP contribution >= 0.6 is 11.3 Å². The van der Waals surface area contributed by atoms with Crippen molar-refractivity contribution in [3.8, 4) is 0 Å². The van der Waals surface area contributed by atoms with E-state index in [-0.39, 0.29) is 23.3 Å². The fraction of sp³-hybridized carbons (Fsp3) is 0.522. The van der Waals surface area contributed by atoms with Gasteiger partial charge in [-0.05, 0) is 44.6 Å². The van der Waals surface area contributed by atoms with Crippen LogP contribution in [0.25, 0.3) is 10.1 Å². The first-order valence-corrected chi connectivity index (χ1v) is 11.9. The van der Waals surface area contributed by atoms with E-state index in [2.05, 4.69) is 10.6 Å². The number of nitrogens with zero attached hydrogens (tertiary/aromatic N) is 2. The van der Waals surface area contributed by atoms with Gasteiger partial charge in [-0.15, -0.1) is 11.3 Å². The van der Waals surface area contributed by atoms with Crippen LogP contribution in [0.1, 0.15) is 49.9 Å². The Balaban J connectivity index is 1.52. The predicted molar refractivity (Wildman–Crippen MR) is 124 cm³/mol. The molecule has 8 heteroatoms. The molecule has 1 aromatic carbocycles. The molecule has 0 bridgehead atoms. The first-order valence-electron chi connectivity index (χ1n) is 11.1. The van der Waals surface area contributed by atoms with Crippen LogP contribution in [0.15, 0.2) is 24.3 Å². The largest absolute Gasteiger partial charge is 0.343 e. The van der Waals surface area contributed by atoms with E-state index in [0.717, 1.165) is 42.4 Å². The van der Waals surface area contributed by atoms with E-state index in [0.29, 0.717) is 36.6 Å². The molecule has 166 valence electrons. The van der Waals surface area contributed by atoms with Gasteiger partial charge in [-0.2, -0.15) is 0 Å². The molecule has 31 heavy (non-hydrogen) atoms. The Bertz CT molecular complexity index is 994. The maximum absolute atomic E-state index is 13.6. The number of anilines is 1. The van der Waals surface area contributed by atoms with Crippen molar-refractivity contribution in [2.75, 3.05) is 38.0 Å². The van der Waals surface area contributed by atoms with Crippen LogP contribution in [0, 0.1) is 5.41 Å². The molecule has 7 nitrogen and oxygen atoms in total. The summed E-state index contributed by atoms with van der Waals surface area (Å²) < 4.78 is 0.976. The molecular weight excluding hydrogens is 412 g/mol. The summed E-state index contributed by atoms with van der Waals surface area (Å²) in [4.78, 5) is 42.0. The average Bonchev–Trinajstić information content (AvgIpc) is 3.11. The van der Waals surface area contributed by atoms with Gasteiger partial charge in [0.05, 0.1) is 5.56 Å². The third kappa shape index (κ3) is 4.26. The summed E-state index contributed by atoms with van der Waals surface area (Å²) in [5.41, 5.74) is 0.595. The Kier molecular flexibility index (Phi) is 6.18. The van der Waals surface area contributed by atoms with Gasteiger partial charge >= 0.3 is 6.03 Å². The van der Waals surface area contributed by atoms with Gasteiger partial charge in [-0.3, -0.25) is 14.9 Å². The quantitative estimate of drug-likeness (QED) is 0.753. The number of thiophene rings is 1. The number of rotatable bonds is 4. The van der Waals surface area contributed by atoms with Crippen molar-refractivity contribution in [2.24, 2.45) is 5.41 Å². The summed E-state index contributed by atoms with van der Waals surface area (Å²) >= 11 is 1.43. The Morgan fingerprint density at radius 1 is 1.10 bits per heavy atom. The number of likely N-dealkylation sites (tertiary alicyclic amines) is 2. The molecule has 0 radical (unpaired) electrons. The second-order valence-corrected chi connectivity index (χ2v) is 9.53. The third-order valence-corrected chi connectivity index (χ3v) is 7.74. The highest BCUT2D eigenvalue weighted by atomic mass is 32.1. The molecule has 0 aliphatic carbocycles. The van der Waals surface area contributed by atoms with Crippen molar-refractivity contribution < 1.29 is 14.4 Å². The molecule has 2 N–H and O–H groups in total. The van der Waals surface area contributed by atoms with Gasteiger partial charge in [0.15, 0.2) is 0 Å². The monoisotopic (exact) mass is 442 g/mol. The maximum atomic E-state index is 13.6. The van der Waals surface area contributed by atoms with Gasteiger partial charge in [0, 0.05) is 49.2 Å². The number of piperidine rings is 2. The van der Waals surface area contributed by atoms with E-state index in [1.807, 2.05) is 47.9 Å². The molecular formula is C23H30N4O3S. The number of benzene rings is 1. The standard InChI is InChI=1S/C23H30N4O3S/c1-3-24-22(30)25-20-19(16-7-5-6-8-17(16)31-20)21(29)27-13-10-23(11-14-27)9-12-26(4-2)18(28)15-23/h5-8H,3-4,9-15H2,1-2H3,(H2,24,25,30). The molecule has 2 aliphatic heterocycles. The molecule has 0 saturated carbocycles. The van der Waals surface area contributed by atoms with Gasteiger partial charge in [0.1, 0.15) is 5.00 Å². The minimum Gasteiger partial charge on any atom is -0.343 e. The fourth-order valence-corrected chi connectivity index (χ4v) is 5.86. The van der Waals surface area contributed by atoms with Crippen LogP contribution in [0.2, 0.25) is 0 Å². The molecule has 4 rings (SSSR count). The van der Waals surface area contributed by atoms with Crippen LogP contribution in [-0.2, 0) is 4.79 Å². The first kappa shape index (κ1) is 21.6. The normalized spacial score (nSPS) is 18.5. The number of nitrogens with one attached hydrogen (secondary N) is 2. The van der Waals surface area contributed by atoms with E-state index in [1.54, 1.807) is 0 Å². The Hall–Kier alpha value is -2.61. The first-order chi connectivity index (χ1) is 15.0. The molecule has 1 aromatic heterocycles. The van der Waals surface area contributed by atoms with Crippen molar-refractivity contribution in [1.29, 1.82) is 0 Å². The predicted octanol–water partition coefficient (Wildman–Crippen LogP) is 3.91. The fourth-order valence-electron chi connectivity index (χ4n) is 4.78. The molecule has 1 spiro atoms. The van der Waals surface area contributed by atoms with Gasteiger partial charge in [0.2, 0.25) is 5.91 Å². The second kappa shape index (κ2) is 8.86. The lowest BCUT2D eigenvalue weighted by Crippen LogP contribution is -2.50. The zero-order valence-corrected chi connectivity index (χ0v) is 19.0. The Labute approximate surface area is 186 Å². The lowest BCUT2D eigenvalue weighted by atomic mass is 9.71. The Morgan fingerprint density at radius 2 is 1.81 bits per heavy atom. The lowest BCUT2D eigenvalue weighted by Gasteiger charge is -2.46. The van der Waals surface area contributed by atoms with E-state index in [4.69, 9.17) is 0 Å². The molecule has 0 unspecified atom stereocenters. The summed E-state index contributed by atoms with van der Waals surface area (Å²) in [6.45, 7) is 7.27. The molecule has 4 amide bonds. The number of carbonyl (C=O) groups is 3. The summed E-state index contributed by atoms with van der Waals surface area (Å²) in [5.74, 6) is 0.196. The zero-order valence-electron chi connectivity index (χ0n) is 18.2. The van der Waals surface area contributed by atoms with Crippen LogP contribution in [0.5, 0.6) is 0 Å². The number of urea groups is 1. The van der Waals surface area contributed by atoms with Crippen LogP contribution in [0.4, 0.5) is 9.80 Å². The van der Waals surface area contributed by atoms with Gasteiger partial charge in [-0.25, -0.2) is 4.79 Å². The maximum Gasteiger partial charge on any atom is 0.319 e. The topological polar surface area (TPSA) is 81.8 Å². The summed E-state index contributed by atoms with van der Waals surface area (Å²) in [7, 11) is 0. The molecule has 3 heterocycles. The van der Waals surface area contributed by atoms with Gasteiger partial charge in [0.25, 0.3) is 5.91 Å². The van der Waals surface area contributed by atoms with Crippen LogP contribution < -0.4 is 10.6 Å². The number of carbonyl (C=O) groups excluding carboxylic acids is 3. The Morgan fingerprint density at radius 3 is 2.48 bits per heavy atom. The molecule has 2 aromatic rings. The number of fused-ring (bicyclic) bond motifs is 1. The molecule has 2 aliphatic rings. The van der Waals surface area contributed by atoms with E-state index in [1.165, 1.54) is 11.3 Å². The van der Waals surface area contributed by atoms with E-state index < -0.39 is 0 Å². The van der Waals surface area contributed by atoms with Crippen molar-refractivity contribution in [1.82, 2.24) is 15.1 Å². The number of hydrogen-bond acceptors (Lipinski definition) is 4. The molecule has 2 fully saturated rings. The minimum absolute atomic E-state index is 0.0261. The minimum atomic E-state index is -0.304. The van der Waals surface area contributed by atoms with Crippen molar-refractivity contribution in [3.05, 3.63) is 29.8 Å². The highest BCUT2D eigenvalue weighted by molar-refractivity contribution is 7.23. The van der Waals surface area contributed by atoms with Crippen molar-refractivity contribution in [2.45, 2.75) is 39.5 Å². The zero-order chi connectivity index (χ0) is 22.0. The molecule has 0 atom stereocenters. The number of amides is 4. The highest BCUT2D eigenvalue weighted by Gasteiger charge is 2.42. The summed E-state index contributed by atoms with van der Waals surface area (Å²) in [6.07, 6.45) is 3.31.